The highest BCUT2D eigenvalue weighted by molar-refractivity contribution is 7.89. The fourth-order valence-corrected chi connectivity index (χ4v) is 5.73. The SMILES string of the molecule is Cc1cc(-c2ccc(S(=O)(=O)N[C@@H]3CCCc4c(OCC(=O)O)cccc43)nc2)cc(C(C)(C)C)c1. The summed E-state index contributed by atoms with van der Waals surface area (Å²) in [6.45, 7) is 8.09. The number of fused-ring (bicyclic) bond motifs is 1. The number of ether oxygens (including phenoxy) is 1. The molecule has 1 atom stereocenters. The van der Waals surface area contributed by atoms with Crippen LogP contribution in [-0.2, 0) is 26.7 Å². The Labute approximate surface area is 212 Å². The number of rotatable bonds is 7. The van der Waals surface area contributed by atoms with Gasteiger partial charge in [0.1, 0.15) is 5.75 Å². The van der Waals surface area contributed by atoms with Gasteiger partial charge in [-0.3, -0.25) is 0 Å². The smallest absolute Gasteiger partial charge is 0.341 e. The summed E-state index contributed by atoms with van der Waals surface area (Å²) >= 11 is 0. The Morgan fingerprint density at radius 1 is 1.14 bits per heavy atom. The number of pyridine rings is 1. The van der Waals surface area contributed by atoms with Gasteiger partial charge in [-0.2, -0.15) is 0 Å². The Morgan fingerprint density at radius 3 is 2.58 bits per heavy atom. The van der Waals surface area contributed by atoms with Crippen LogP contribution >= 0.6 is 0 Å². The molecule has 1 heterocycles. The Kier molecular flexibility index (Phi) is 7.20. The highest BCUT2D eigenvalue weighted by Crippen LogP contribution is 2.36. The molecule has 8 heteroatoms. The van der Waals surface area contributed by atoms with Crippen molar-refractivity contribution in [3.8, 4) is 16.9 Å². The number of hydrogen-bond acceptors (Lipinski definition) is 5. The van der Waals surface area contributed by atoms with Crippen molar-refractivity contribution in [3.05, 3.63) is 77.0 Å². The number of aliphatic carboxylic acids is 1. The predicted octanol–water partition coefficient (Wildman–Crippen LogP) is 5.17. The van der Waals surface area contributed by atoms with E-state index in [1.807, 2.05) is 6.07 Å². The van der Waals surface area contributed by atoms with Gasteiger partial charge >= 0.3 is 5.97 Å². The van der Waals surface area contributed by atoms with Crippen LogP contribution in [0.3, 0.4) is 0 Å². The Bertz CT molecular complexity index is 1380. The molecule has 0 bridgehead atoms. The molecule has 0 saturated carbocycles. The number of carboxylic acids is 1. The molecule has 1 aromatic heterocycles. The Hall–Kier alpha value is -3.23. The molecule has 7 nitrogen and oxygen atoms in total. The van der Waals surface area contributed by atoms with E-state index in [1.165, 1.54) is 11.6 Å². The van der Waals surface area contributed by atoms with Gasteiger partial charge in [-0.15, -0.1) is 0 Å². The summed E-state index contributed by atoms with van der Waals surface area (Å²) < 4.78 is 34.7. The largest absolute Gasteiger partial charge is 0.482 e. The minimum absolute atomic E-state index is 0.00375. The number of aromatic nitrogens is 1. The summed E-state index contributed by atoms with van der Waals surface area (Å²) in [4.78, 5) is 15.2. The second kappa shape index (κ2) is 10.0. The third-order valence-corrected chi connectivity index (χ3v) is 7.79. The number of carbonyl (C=O) groups is 1. The molecule has 0 aliphatic heterocycles. The highest BCUT2D eigenvalue weighted by Gasteiger charge is 2.28. The Morgan fingerprint density at radius 2 is 1.92 bits per heavy atom. The van der Waals surface area contributed by atoms with Gasteiger partial charge in [0.05, 0.1) is 0 Å². The van der Waals surface area contributed by atoms with Gasteiger partial charge in [0.25, 0.3) is 10.0 Å². The molecule has 4 rings (SSSR count). The number of nitrogens with one attached hydrogen (secondary N) is 1. The first kappa shape index (κ1) is 25.9. The lowest BCUT2D eigenvalue weighted by Crippen LogP contribution is -2.31. The maximum absolute atomic E-state index is 13.2. The van der Waals surface area contributed by atoms with E-state index >= 15 is 0 Å². The summed E-state index contributed by atoms with van der Waals surface area (Å²) in [5, 5.41) is 8.90. The van der Waals surface area contributed by atoms with E-state index in [0.29, 0.717) is 18.6 Å². The van der Waals surface area contributed by atoms with Gasteiger partial charge < -0.3 is 9.84 Å². The Balaban J connectivity index is 1.57. The molecule has 2 N–H and O–H groups in total. The zero-order valence-electron chi connectivity index (χ0n) is 21.0. The second-order valence-electron chi connectivity index (χ2n) is 10.3. The van der Waals surface area contributed by atoms with Gasteiger partial charge in [-0.1, -0.05) is 56.7 Å². The number of aryl methyl sites for hydroxylation is 1. The van der Waals surface area contributed by atoms with E-state index in [1.54, 1.807) is 24.4 Å². The van der Waals surface area contributed by atoms with Crippen molar-refractivity contribution in [2.24, 2.45) is 0 Å². The molecule has 1 aliphatic carbocycles. The first-order chi connectivity index (χ1) is 16.9. The quantitative estimate of drug-likeness (QED) is 0.456. The molecule has 0 amide bonds. The average Bonchev–Trinajstić information content (AvgIpc) is 2.82. The molecular weight excluding hydrogens is 476 g/mol. The van der Waals surface area contributed by atoms with E-state index < -0.39 is 28.6 Å². The molecule has 190 valence electrons. The molecule has 0 radical (unpaired) electrons. The van der Waals surface area contributed by atoms with Crippen molar-refractivity contribution in [2.75, 3.05) is 6.61 Å². The summed E-state index contributed by atoms with van der Waals surface area (Å²) in [5.41, 5.74) is 5.84. The molecule has 0 spiro atoms. The standard InChI is InChI=1S/C28H32N2O5S/c1-18-13-20(15-21(14-18)28(2,3)4)19-11-12-26(29-16-19)36(33,34)30-24-9-5-8-23-22(24)7-6-10-25(23)35-17-27(31)32/h6-7,10-16,24,30H,5,8-9,17H2,1-4H3,(H,31,32)/t24-/m1/s1. The van der Waals surface area contributed by atoms with Gasteiger partial charge in [-0.05, 0) is 72.1 Å². The van der Waals surface area contributed by atoms with Crippen molar-refractivity contribution in [3.63, 3.8) is 0 Å². The minimum atomic E-state index is -3.88. The number of sulfonamides is 1. The zero-order valence-corrected chi connectivity index (χ0v) is 21.9. The van der Waals surface area contributed by atoms with Crippen molar-refractivity contribution >= 4 is 16.0 Å². The monoisotopic (exact) mass is 508 g/mol. The maximum Gasteiger partial charge on any atom is 0.341 e. The maximum atomic E-state index is 13.2. The fraction of sp³-hybridized carbons (Fsp3) is 0.357. The van der Waals surface area contributed by atoms with Gasteiger partial charge in [0.15, 0.2) is 11.6 Å². The van der Waals surface area contributed by atoms with Gasteiger partial charge in [-0.25, -0.2) is 22.9 Å². The number of nitrogens with zero attached hydrogens (tertiary/aromatic N) is 1. The number of benzene rings is 2. The first-order valence-electron chi connectivity index (χ1n) is 12.0. The molecule has 1 aliphatic rings. The molecule has 0 fully saturated rings. The van der Waals surface area contributed by atoms with Crippen molar-refractivity contribution in [1.82, 2.24) is 9.71 Å². The highest BCUT2D eigenvalue weighted by atomic mass is 32.2. The van der Waals surface area contributed by atoms with Crippen LogP contribution < -0.4 is 9.46 Å². The fourth-order valence-electron chi connectivity index (χ4n) is 4.55. The lowest BCUT2D eigenvalue weighted by Gasteiger charge is -2.27. The normalized spacial score (nSPS) is 15.8. The van der Waals surface area contributed by atoms with Crippen LogP contribution in [0.5, 0.6) is 5.75 Å². The number of carboxylic acid groups (broad SMARTS) is 1. The van der Waals surface area contributed by atoms with Crippen molar-refractivity contribution < 1.29 is 23.1 Å². The molecule has 0 unspecified atom stereocenters. The third-order valence-electron chi connectivity index (χ3n) is 6.40. The lowest BCUT2D eigenvalue weighted by atomic mass is 9.84. The van der Waals surface area contributed by atoms with Crippen LogP contribution in [-0.4, -0.2) is 31.1 Å². The first-order valence-corrected chi connectivity index (χ1v) is 13.5. The molecule has 3 aromatic rings. The van der Waals surface area contributed by atoms with Crippen LogP contribution in [0.25, 0.3) is 11.1 Å². The third kappa shape index (κ3) is 5.77. The van der Waals surface area contributed by atoms with Crippen LogP contribution in [0.1, 0.15) is 61.9 Å². The van der Waals surface area contributed by atoms with E-state index in [0.717, 1.165) is 34.2 Å². The predicted molar refractivity (Wildman–Crippen MR) is 139 cm³/mol. The summed E-state index contributed by atoms with van der Waals surface area (Å²) in [6, 6.07) is 14.6. The number of hydrogen-bond donors (Lipinski definition) is 2. The summed E-state index contributed by atoms with van der Waals surface area (Å²) in [6.07, 6.45) is 3.68. The summed E-state index contributed by atoms with van der Waals surface area (Å²) in [5.74, 6) is -0.579. The second-order valence-corrected chi connectivity index (χ2v) is 12.0. The summed E-state index contributed by atoms with van der Waals surface area (Å²) in [7, 11) is -3.88. The van der Waals surface area contributed by atoms with Crippen molar-refractivity contribution in [1.29, 1.82) is 0 Å². The van der Waals surface area contributed by atoms with Crippen LogP contribution in [0.2, 0.25) is 0 Å². The van der Waals surface area contributed by atoms with Gasteiger partial charge in [0.2, 0.25) is 0 Å². The van der Waals surface area contributed by atoms with Gasteiger partial charge in [0, 0.05) is 17.8 Å². The van der Waals surface area contributed by atoms with Crippen molar-refractivity contribution in [2.45, 2.75) is 63.4 Å². The molecule has 0 saturated heterocycles. The molecule has 36 heavy (non-hydrogen) atoms. The van der Waals surface area contributed by atoms with E-state index in [9.17, 15) is 13.2 Å². The zero-order chi connectivity index (χ0) is 26.1. The molecule has 2 aromatic carbocycles. The van der Waals surface area contributed by atoms with E-state index in [4.69, 9.17) is 9.84 Å². The topological polar surface area (TPSA) is 106 Å². The van der Waals surface area contributed by atoms with Crippen LogP contribution in [0, 0.1) is 6.92 Å². The van der Waals surface area contributed by atoms with Crippen LogP contribution in [0.4, 0.5) is 0 Å². The van der Waals surface area contributed by atoms with Crippen LogP contribution in [0.15, 0.2) is 59.8 Å². The minimum Gasteiger partial charge on any atom is -0.482 e. The van der Waals surface area contributed by atoms with E-state index in [-0.39, 0.29) is 10.4 Å². The lowest BCUT2D eigenvalue weighted by molar-refractivity contribution is -0.139. The molecular formula is C28H32N2O5S. The van der Waals surface area contributed by atoms with E-state index in [2.05, 4.69) is 55.6 Å². The average molecular weight is 509 g/mol.